The van der Waals surface area contributed by atoms with Crippen molar-refractivity contribution < 1.29 is 14.3 Å². The van der Waals surface area contributed by atoms with Gasteiger partial charge in [0, 0.05) is 12.6 Å². The number of carbonyl (C=O) groups is 1. The highest BCUT2D eigenvalue weighted by Gasteiger charge is 2.21. The summed E-state index contributed by atoms with van der Waals surface area (Å²) in [4.78, 5) is 11.9. The Morgan fingerprint density at radius 3 is 2.90 bits per heavy atom. The molecular weight excluding hydrogens is 266 g/mol. The lowest BCUT2D eigenvalue weighted by Crippen LogP contribution is -2.37. The maximum Gasteiger partial charge on any atom is 0.246 e. The van der Waals surface area contributed by atoms with Gasteiger partial charge in [0.2, 0.25) is 5.91 Å². The molecule has 2 rings (SSSR count). The zero-order valence-electron chi connectivity index (χ0n) is 13.6. The zero-order valence-corrected chi connectivity index (χ0v) is 13.6. The van der Waals surface area contributed by atoms with Crippen LogP contribution in [-0.4, -0.2) is 37.4 Å². The molecule has 1 aliphatic carbocycles. The summed E-state index contributed by atoms with van der Waals surface area (Å²) in [5.41, 5.74) is 0. The first-order valence-corrected chi connectivity index (χ1v) is 8.66. The summed E-state index contributed by atoms with van der Waals surface area (Å²) in [5.74, 6) is 0.755. The average molecular weight is 297 g/mol. The maximum absolute atomic E-state index is 11.9. The second-order valence-electron chi connectivity index (χ2n) is 6.89. The highest BCUT2D eigenvalue weighted by Crippen LogP contribution is 2.25. The molecule has 0 bridgehead atoms. The Morgan fingerprint density at radius 1 is 1.33 bits per heavy atom. The molecule has 1 saturated heterocycles. The van der Waals surface area contributed by atoms with Crippen LogP contribution >= 0.6 is 0 Å². The van der Waals surface area contributed by atoms with Gasteiger partial charge in [0.25, 0.3) is 0 Å². The number of amides is 1. The smallest absolute Gasteiger partial charge is 0.246 e. The Bertz CT molecular complexity index is 315. The van der Waals surface area contributed by atoms with Crippen molar-refractivity contribution in [1.82, 2.24) is 5.32 Å². The number of carbonyl (C=O) groups excluding carboxylic acids is 1. The van der Waals surface area contributed by atoms with Crippen LogP contribution in [0.1, 0.15) is 65.2 Å². The molecular formula is C17H31NO3. The molecule has 0 aromatic carbocycles. The summed E-state index contributed by atoms with van der Waals surface area (Å²) in [7, 11) is 0. The molecule has 4 nitrogen and oxygen atoms in total. The highest BCUT2D eigenvalue weighted by molar-refractivity contribution is 5.77. The molecule has 122 valence electrons. The van der Waals surface area contributed by atoms with E-state index in [-0.39, 0.29) is 24.7 Å². The summed E-state index contributed by atoms with van der Waals surface area (Å²) in [6, 6.07) is 0.204. The van der Waals surface area contributed by atoms with Crippen LogP contribution < -0.4 is 5.32 Å². The van der Waals surface area contributed by atoms with Crippen LogP contribution in [-0.2, 0) is 14.3 Å². The van der Waals surface area contributed by atoms with Gasteiger partial charge in [-0.2, -0.15) is 0 Å². The molecule has 1 N–H and O–H groups in total. The van der Waals surface area contributed by atoms with Crippen molar-refractivity contribution in [1.29, 1.82) is 0 Å². The monoisotopic (exact) mass is 297 g/mol. The van der Waals surface area contributed by atoms with Crippen molar-refractivity contribution in [3.05, 3.63) is 0 Å². The van der Waals surface area contributed by atoms with Crippen LogP contribution in [0.25, 0.3) is 0 Å². The summed E-state index contributed by atoms with van der Waals surface area (Å²) in [5, 5.41) is 3.04. The normalized spacial score (nSPS) is 31.0. The van der Waals surface area contributed by atoms with E-state index in [1.54, 1.807) is 0 Å². The fourth-order valence-corrected chi connectivity index (χ4v) is 3.42. The van der Waals surface area contributed by atoms with Crippen LogP contribution in [0.3, 0.4) is 0 Å². The number of hydrogen-bond acceptors (Lipinski definition) is 3. The van der Waals surface area contributed by atoms with Crippen LogP contribution in [0, 0.1) is 5.92 Å². The third kappa shape index (κ3) is 6.35. The average Bonchev–Trinajstić information content (AvgIpc) is 2.96. The van der Waals surface area contributed by atoms with E-state index in [4.69, 9.17) is 9.47 Å². The summed E-state index contributed by atoms with van der Waals surface area (Å²) >= 11 is 0. The van der Waals surface area contributed by atoms with E-state index in [0.717, 1.165) is 38.2 Å². The Labute approximate surface area is 129 Å². The number of rotatable bonds is 7. The molecule has 4 atom stereocenters. The van der Waals surface area contributed by atoms with Crippen molar-refractivity contribution in [2.45, 2.75) is 83.5 Å². The lowest BCUT2D eigenvalue weighted by atomic mass is 9.89. The summed E-state index contributed by atoms with van der Waals surface area (Å²) < 4.78 is 11.4. The van der Waals surface area contributed by atoms with Crippen LogP contribution in [0.15, 0.2) is 0 Å². The summed E-state index contributed by atoms with van der Waals surface area (Å²) in [6.45, 7) is 5.44. The van der Waals surface area contributed by atoms with Gasteiger partial charge in [0.15, 0.2) is 0 Å². The largest absolute Gasteiger partial charge is 0.378 e. The molecule has 2 aliphatic rings. The number of hydrogen-bond donors (Lipinski definition) is 1. The zero-order chi connectivity index (χ0) is 15.1. The van der Waals surface area contributed by atoms with Crippen molar-refractivity contribution in [3.63, 3.8) is 0 Å². The highest BCUT2D eigenvalue weighted by atomic mass is 16.5. The van der Waals surface area contributed by atoms with Crippen LogP contribution in [0.2, 0.25) is 0 Å². The van der Waals surface area contributed by atoms with E-state index >= 15 is 0 Å². The van der Waals surface area contributed by atoms with Gasteiger partial charge in [0.1, 0.15) is 6.61 Å². The minimum Gasteiger partial charge on any atom is -0.378 e. The third-order valence-corrected chi connectivity index (χ3v) is 4.69. The van der Waals surface area contributed by atoms with E-state index in [9.17, 15) is 4.79 Å². The topological polar surface area (TPSA) is 47.6 Å². The molecule has 1 saturated carbocycles. The van der Waals surface area contributed by atoms with Crippen molar-refractivity contribution in [2.24, 2.45) is 5.92 Å². The fraction of sp³-hybridized carbons (Fsp3) is 0.941. The standard InChI is InChI=1S/C17H31NO3/c1-13-5-3-6-16(11-13)21-12-17(19)18-14(2)8-9-15-7-4-10-20-15/h13-16H,3-12H2,1-2H3,(H,18,19)/t13-,14-,15-,16+/m1/s1. The Morgan fingerprint density at radius 2 is 2.19 bits per heavy atom. The van der Waals surface area contributed by atoms with Gasteiger partial charge < -0.3 is 14.8 Å². The molecule has 4 heteroatoms. The molecule has 1 heterocycles. The minimum absolute atomic E-state index is 0.0214. The van der Waals surface area contributed by atoms with Crippen LogP contribution in [0.5, 0.6) is 0 Å². The molecule has 0 spiro atoms. The number of nitrogens with one attached hydrogen (secondary N) is 1. The summed E-state index contributed by atoms with van der Waals surface area (Å²) in [6.07, 6.45) is 9.79. The first-order chi connectivity index (χ1) is 10.1. The van der Waals surface area contributed by atoms with Crippen molar-refractivity contribution in [3.8, 4) is 0 Å². The van der Waals surface area contributed by atoms with Crippen molar-refractivity contribution >= 4 is 5.91 Å². The van der Waals surface area contributed by atoms with E-state index in [0.29, 0.717) is 6.10 Å². The number of ether oxygens (including phenoxy) is 2. The second kappa shape index (κ2) is 8.74. The predicted octanol–water partition coefficient (Wildman–Crippen LogP) is 3.05. The van der Waals surface area contributed by atoms with E-state index in [1.807, 2.05) is 0 Å². The quantitative estimate of drug-likeness (QED) is 0.785. The Hall–Kier alpha value is -0.610. The van der Waals surface area contributed by atoms with Crippen LogP contribution in [0.4, 0.5) is 0 Å². The van der Waals surface area contributed by atoms with Gasteiger partial charge in [0.05, 0.1) is 12.2 Å². The maximum atomic E-state index is 11.9. The lowest BCUT2D eigenvalue weighted by Gasteiger charge is -2.26. The molecule has 0 aromatic rings. The van der Waals surface area contributed by atoms with Gasteiger partial charge in [-0.15, -0.1) is 0 Å². The van der Waals surface area contributed by atoms with Gasteiger partial charge >= 0.3 is 0 Å². The minimum atomic E-state index is 0.0214. The Balaban J connectivity index is 1.55. The molecule has 1 aliphatic heterocycles. The van der Waals surface area contributed by atoms with E-state index in [1.165, 1.54) is 25.7 Å². The second-order valence-corrected chi connectivity index (χ2v) is 6.89. The molecule has 21 heavy (non-hydrogen) atoms. The van der Waals surface area contributed by atoms with Gasteiger partial charge in [-0.1, -0.05) is 19.8 Å². The lowest BCUT2D eigenvalue weighted by molar-refractivity contribution is -0.129. The molecule has 1 amide bonds. The molecule has 0 aromatic heterocycles. The van der Waals surface area contributed by atoms with Gasteiger partial charge in [-0.25, -0.2) is 0 Å². The fourth-order valence-electron chi connectivity index (χ4n) is 3.42. The van der Waals surface area contributed by atoms with Crippen molar-refractivity contribution in [2.75, 3.05) is 13.2 Å². The first kappa shape index (κ1) is 16.8. The first-order valence-electron chi connectivity index (χ1n) is 8.66. The Kier molecular flexibility index (Phi) is 6.97. The van der Waals surface area contributed by atoms with E-state index < -0.39 is 0 Å². The third-order valence-electron chi connectivity index (χ3n) is 4.69. The van der Waals surface area contributed by atoms with Gasteiger partial charge in [-0.3, -0.25) is 4.79 Å². The SMILES string of the molecule is C[C@@H]1CCC[C@H](OCC(=O)N[C@H](C)CC[C@H]2CCCO2)C1. The molecule has 0 unspecified atom stereocenters. The van der Waals surface area contributed by atoms with Gasteiger partial charge in [-0.05, 0) is 51.4 Å². The predicted molar refractivity (Wildman–Crippen MR) is 83.2 cm³/mol. The molecule has 2 fully saturated rings. The molecule has 0 radical (unpaired) electrons. The van der Waals surface area contributed by atoms with E-state index in [2.05, 4.69) is 19.2 Å².